The number of hydrogen-bond donors (Lipinski definition) is 1. The lowest BCUT2D eigenvalue weighted by Crippen LogP contribution is -2.18. The van der Waals surface area contributed by atoms with Gasteiger partial charge in [-0.3, -0.25) is 0 Å². The van der Waals surface area contributed by atoms with Crippen LogP contribution in [0.15, 0.2) is 42.5 Å². The zero-order chi connectivity index (χ0) is 13.9. The molecule has 2 heteroatoms. The van der Waals surface area contributed by atoms with E-state index in [2.05, 4.69) is 54.7 Å². The Kier molecular flexibility index (Phi) is 3.64. The molecule has 0 amide bonds. The zero-order valence-corrected chi connectivity index (χ0v) is 12.1. The summed E-state index contributed by atoms with van der Waals surface area (Å²) in [4.78, 5) is 0. The van der Waals surface area contributed by atoms with Crippen LogP contribution in [0.3, 0.4) is 0 Å². The van der Waals surface area contributed by atoms with Crippen molar-refractivity contribution >= 4 is 5.69 Å². The summed E-state index contributed by atoms with van der Waals surface area (Å²) >= 11 is 0. The monoisotopic (exact) mass is 267 g/mol. The number of rotatable bonds is 3. The molecule has 0 radical (unpaired) electrons. The SMILES string of the molecule is CCOc1ccc([C@H]2CCc3cc(C)ccc3N2)cc1. The summed E-state index contributed by atoms with van der Waals surface area (Å²) in [5.74, 6) is 0.947. The first-order chi connectivity index (χ1) is 9.76. The topological polar surface area (TPSA) is 21.3 Å². The highest BCUT2D eigenvalue weighted by Crippen LogP contribution is 2.33. The van der Waals surface area contributed by atoms with Crippen molar-refractivity contribution in [2.24, 2.45) is 0 Å². The second-order valence-corrected chi connectivity index (χ2v) is 5.40. The molecule has 104 valence electrons. The highest BCUT2D eigenvalue weighted by molar-refractivity contribution is 5.56. The van der Waals surface area contributed by atoms with Gasteiger partial charge in [0.25, 0.3) is 0 Å². The van der Waals surface area contributed by atoms with Gasteiger partial charge in [0.15, 0.2) is 0 Å². The number of ether oxygens (including phenoxy) is 1. The molecule has 2 aromatic carbocycles. The number of benzene rings is 2. The smallest absolute Gasteiger partial charge is 0.119 e. The normalized spacial score (nSPS) is 17.2. The van der Waals surface area contributed by atoms with Crippen LogP contribution < -0.4 is 10.1 Å². The van der Waals surface area contributed by atoms with Crippen molar-refractivity contribution in [1.82, 2.24) is 0 Å². The van der Waals surface area contributed by atoms with E-state index in [4.69, 9.17) is 4.74 Å². The van der Waals surface area contributed by atoms with Gasteiger partial charge in [0, 0.05) is 5.69 Å². The predicted molar refractivity (Wildman–Crippen MR) is 83.5 cm³/mol. The van der Waals surface area contributed by atoms with Gasteiger partial charge in [0.05, 0.1) is 12.6 Å². The minimum absolute atomic E-state index is 0.404. The second-order valence-electron chi connectivity index (χ2n) is 5.40. The van der Waals surface area contributed by atoms with E-state index in [1.165, 1.54) is 22.4 Å². The van der Waals surface area contributed by atoms with E-state index in [1.54, 1.807) is 0 Å². The number of fused-ring (bicyclic) bond motifs is 1. The van der Waals surface area contributed by atoms with Crippen molar-refractivity contribution < 1.29 is 4.74 Å². The third-order valence-corrected chi connectivity index (χ3v) is 3.89. The molecule has 1 atom stereocenters. The molecule has 0 bridgehead atoms. The van der Waals surface area contributed by atoms with Crippen molar-refractivity contribution in [3.05, 3.63) is 59.2 Å². The van der Waals surface area contributed by atoms with Crippen LogP contribution in [0.4, 0.5) is 5.69 Å². The number of nitrogens with one attached hydrogen (secondary N) is 1. The highest BCUT2D eigenvalue weighted by atomic mass is 16.5. The summed E-state index contributed by atoms with van der Waals surface area (Å²) in [7, 11) is 0. The molecule has 1 aliphatic heterocycles. The fourth-order valence-electron chi connectivity index (χ4n) is 2.84. The Morgan fingerprint density at radius 2 is 1.95 bits per heavy atom. The molecular formula is C18H21NO. The molecular weight excluding hydrogens is 246 g/mol. The van der Waals surface area contributed by atoms with Crippen LogP contribution in [0.1, 0.15) is 36.1 Å². The molecule has 20 heavy (non-hydrogen) atoms. The number of hydrogen-bond acceptors (Lipinski definition) is 2. The Balaban J connectivity index is 1.77. The second kappa shape index (κ2) is 5.58. The molecule has 0 fully saturated rings. The van der Waals surface area contributed by atoms with Crippen LogP contribution in [0.25, 0.3) is 0 Å². The maximum Gasteiger partial charge on any atom is 0.119 e. The van der Waals surface area contributed by atoms with Crippen molar-refractivity contribution in [1.29, 1.82) is 0 Å². The Bertz CT molecular complexity index is 589. The van der Waals surface area contributed by atoms with Gasteiger partial charge in [-0.2, -0.15) is 0 Å². The fraction of sp³-hybridized carbons (Fsp3) is 0.333. The van der Waals surface area contributed by atoms with E-state index < -0.39 is 0 Å². The summed E-state index contributed by atoms with van der Waals surface area (Å²) in [6.07, 6.45) is 2.28. The molecule has 0 saturated heterocycles. The summed E-state index contributed by atoms with van der Waals surface area (Å²) < 4.78 is 5.50. The van der Waals surface area contributed by atoms with Gasteiger partial charge >= 0.3 is 0 Å². The predicted octanol–water partition coefficient (Wildman–Crippen LogP) is 4.49. The molecule has 0 aromatic heterocycles. The van der Waals surface area contributed by atoms with Crippen molar-refractivity contribution in [2.45, 2.75) is 32.7 Å². The van der Waals surface area contributed by atoms with Gasteiger partial charge < -0.3 is 10.1 Å². The fourth-order valence-corrected chi connectivity index (χ4v) is 2.84. The van der Waals surface area contributed by atoms with Crippen LogP contribution in [0, 0.1) is 6.92 Å². The van der Waals surface area contributed by atoms with Crippen LogP contribution >= 0.6 is 0 Å². The van der Waals surface area contributed by atoms with Crippen LogP contribution in [-0.4, -0.2) is 6.61 Å². The summed E-state index contributed by atoms with van der Waals surface area (Å²) in [6.45, 7) is 4.88. The molecule has 0 aliphatic carbocycles. The van der Waals surface area contributed by atoms with E-state index in [0.29, 0.717) is 12.6 Å². The molecule has 1 N–H and O–H groups in total. The Labute approximate surface area is 120 Å². The van der Waals surface area contributed by atoms with Gasteiger partial charge in [-0.1, -0.05) is 29.8 Å². The van der Waals surface area contributed by atoms with Crippen LogP contribution in [0.5, 0.6) is 5.75 Å². The molecule has 2 aromatic rings. The summed E-state index contributed by atoms with van der Waals surface area (Å²) in [5.41, 5.74) is 5.39. The number of aryl methyl sites for hydroxylation is 2. The van der Waals surface area contributed by atoms with E-state index in [-0.39, 0.29) is 0 Å². The number of anilines is 1. The Morgan fingerprint density at radius 1 is 1.15 bits per heavy atom. The average molecular weight is 267 g/mol. The van der Waals surface area contributed by atoms with E-state index in [9.17, 15) is 0 Å². The van der Waals surface area contributed by atoms with Crippen LogP contribution in [0.2, 0.25) is 0 Å². The summed E-state index contributed by atoms with van der Waals surface area (Å²) in [6, 6.07) is 15.5. The third kappa shape index (κ3) is 2.64. The highest BCUT2D eigenvalue weighted by Gasteiger charge is 2.18. The van der Waals surface area contributed by atoms with Gasteiger partial charge in [0.1, 0.15) is 5.75 Å². The van der Waals surface area contributed by atoms with Gasteiger partial charge in [-0.05, 0) is 56.0 Å². The molecule has 0 spiro atoms. The van der Waals surface area contributed by atoms with Crippen molar-refractivity contribution in [3.8, 4) is 5.75 Å². The van der Waals surface area contributed by atoms with Crippen molar-refractivity contribution in [3.63, 3.8) is 0 Å². The molecule has 2 nitrogen and oxygen atoms in total. The third-order valence-electron chi connectivity index (χ3n) is 3.89. The first kappa shape index (κ1) is 13.0. The minimum Gasteiger partial charge on any atom is -0.494 e. The Hall–Kier alpha value is -1.96. The lowest BCUT2D eigenvalue weighted by Gasteiger charge is -2.28. The standard InChI is InChI=1S/C18H21NO/c1-3-20-16-8-5-14(6-9-16)17-11-7-15-12-13(2)4-10-18(15)19-17/h4-6,8-10,12,17,19H,3,7,11H2,1-2H3/t17-/m1/s1. The lowest BCUT2D eigenvalue weighted by atomic mass is 9.92. The quantitative estimate of drug-likeness (QED) is 0.884. The Morgan fingerprint density at radius 3 is 2.70 bits per heavy atom. The molecule has 0 saturated carbocycles. The summed E-state index contributed by atoms with van der Waals surface area (Å²) in [5, 5.41) is 3.65. The molecule has 1 heterocycles. The average Bonchev–Trinajstić information content (AvgIpc) is 2.48. The van der Waals surface area contributed by atoms with E-state index >= 15 is 0 Å². The van der Waals surface area contributed by atoms with Crippen molar-refractivity contribution in [2.75, 3.05) is 11.9 Å². The first-order valence-electron chi connectivity index (χ1n) is 7.35. The molecule has 3 rings (SSSR count). The lowest BCUT2D eigenvalue weighted by molar-refractivity contribution is 0.340. The van der Waals surface area contributed by atoms with Crippen LogP contribution in [-0.2, 0) is 6.42 Å². The van der Waals surface area contributed by atoms with E-state index in [0.717, 1.165) is 18.6 Å². The maximum absolute atomic E-state index is 5.50. The largest absolute Gasteiger partial charge is 0.494 e. The van der Waals surface area contributed by atoms with Gasteiger partial charge in [-0.25, -0.2) is 0 Å². The molecule has 0 unspecified atom stereocenters. The minimum atomic E-state index is 0.404. The molecule has 1 aliphatic rings. The zero-order valence-electron chi connectivity index (χ0n) is 12.1. The van der Waals surface area contributed by atoms with E-state index in [1.807, 2.05) is 6.92 Å². The maximum atomic E-state index is 5.50. The van der Waals surface area contributed by atoms with Gasteiger partial charge in [0.2, 0.25) is 0 Å². The first-order valence-corrected chi connectivity index (χ1v) is 7.35. The van der Waals surface area contributed by atoms with Gasteiger partial charge in [-0.15, -0.1) is 0 Å².